The molecule has 1 amide bonds. The van der Waals surface area contributed by atoms with Crippen molar-refractivity contribution in [2.45, 2.75) is 6.54 Å². The van der Waals surface area contributed by atoms with Crippen LogP contribution in [0, 0.1) is 0 Å². The third-order valence-electron chi connectivity index (χ3n) is 3.44. The van der Waals surface area contributed by atoms with Gasteiger partial charge in [-0.05, 0) is 22.8 Å². The summed E-state index contributed by atoms with van der Waals surface area (Å²) in [5, 5.41) is 0. The SMILES string of the molecule is CN1Cc2c(/C=C/c3ccccc3)cccc2C1=O. The predicted octanol–water partition coefficient (Wildman–Crippen LogP) is 3.44. The fraction of sp³-hybridized carbons (Fsp3) is 0.118. The van der Waals surface area contributed by atoms with E-state index < -0.39 is 0 Å². The largest absolute Gasteiger partial charge is 0.337 e. The first kappa shape index (κ1) is 11.7. The third-order valence-corrected chi connectivity index (χ3v) is 3.44. The lowest BCUT2D eigenvalue weighted by atomic mass is 10.0. The number of amides is 1. The van der Waals surface area contributed by atoms with Gasteiger partial charge in [-0.1, -0.05) is 54.6 Å². The highest BCUT2D eigenvalue weighted by Gasteiger charge is 2.25. The van der Waals surface area contributed by atoms with Gasteiger partial charge >= 0.3 is 0 Å². The van der Waals surface area contributed by atoms with Gasteiger partial charge in [0.25, 0.3) is 5.91 Å². The molecule has 2 aromatic rings. The molecule has 19 heavy (non-hydrogen) atoms. The van der Waals surface area contributed by atoms with Crippen LogP contribution in [-0.2, 0) is 6.54 Å². The van der Waals surface area contributed by atoms with Crippen molar-refractivity contribution in [1.82, 2.24) is 4.90 Å². The molecule has 2 aromatic carbocycles. The lowest BCUT2D eigenvalue weighted by Gasteiger charge is -2.05. The molecule has 0 radical (unpaired) electrons. The highest BCUT2D eigenvalue weighted by Crippen LogP contribution is 2.26. The molecule has 2 nitrogen and oxygen atoms in total. The number of carbonyl (C=O) groups excluding carboxylic acids is 1. The van der Waals surface area contributed by atoms with E-state index in [0.29, 0.717) is 6.54 Å². The number of hydrogen-bond acceptors (Lipinski definition) is 1. The lowest BCUT2D eigenvalue weighted by molar-refractivity contribution is 0.0816. The number of rotatable bonds is 2. The molecule has 0 aliphatic carbocycles. The normalized spacial score (nSPS) is 14.2. The highest BCUT2D eigenvalue weighted by atomic mass is 16.2. The van der Waals surface area contributed by atoms with Crippen LogP contribution in [0.5, 0.6) is 0 Å². The van der Waals surface area contributed by atoms with Crippen LogP contribution < -0.4 is 0 Å². The first-order chi connectivity index (χ1) is 9.25. The molecule has 0 unspecified atom stereocenters. The molecule has 0 aromatic heterocycles. The van der Waals surface area contributed by atoms with E-state index in [9.17, 15) is 4.79 Å². The van der Waals surface area contributed by atoms with Crippen LogP contribution in [0.2, 0.25) is 0 Å². The molecule has 0 fully saturated rings. The first-order valence-electron chi connectivity index (χ1n) is 6.36. The van der Waals surface area contributed by atoms with E-state index in [2.05, 4.69) is 30.4 Å². The van der Waals surface area contributed by atoms with Gasteiger partial charge in [0, 0.05) is 19.2 Å². The zero-order valence-electron chi connectivity index (χ0n) is 10.8. The Hall–Kier alpha value is -2.35. The van der Waals surface area contributed by atoms with Gasteiger partial charge in [-0.2, -0.15) is 0 Å². The average molecular weight is 249 g/mol. The standard InChI is InChI=1S/C17H15NO/c1-18-12-16-14(8-5-9-15(16)17(18)19)11-10-13-6-3-2-4-7-13/h2-11H,12H2,1H3/b11-10+. The number of fused-ring (bicyclic) bond motifs is 1. The molecule has 0 spiro atoms. The van der Waals surface area contributed by atoms with Crippen LogP contribution in [0.25, 0.3) is 12.2 Å². The number of hydrogen-bond donors (Lipinski definition) is 0. The molecule has 1 heterocycles. The van der Waals surface area contributed by atoms with Crippen LogP contribution in [0.4, 0.5) is 0 Å². The van der Waals surface area contributed by atoms with Gasteiger partial charge in [-0.3, -0.25) is 4.79 Å². The Morgan fingerprint density at radius 1 is 1.00 bits per heavy atom. The molecule has 0 atom stereocenters. The quantitative estimate of drug-likeness (QED) is 0.747. The fourth-order valence-corrected chi connectivity index (χ4v) is 2.40. The summed E-state index contributed by atoms with van der Waals surface area (Å²) in [4.78, 5) is 13.7. The van der Waals surface area contributed by atoms with Crippen LogP contribution in [0.3, 0.4) is 0 Å². The van der Waals surface area contributed by atoms with Gasteiger partial charge in [-0.15, -0.1) is 0 Å². The molecule has 0 saturated heterocycles. The molecule has 0 saturated carbocycles. The molecule has 2 heteroatoms. The van der Waals surface area contributed by atoms with Gasteiger partial charge in [0.1, 0.15) is 0 Å². The summed E-state index contributed by atoms with van der Waals surface area (Å²) >= 11 is 0. The van der Waals surface area contributed by atoms with Crippen molar-refractivity contribution in [1.29, 1.82) is 0 Å². The molecule has 0 bridgehead atoms. The summed E-state index contributed by atoms with van der Waals surface area (Å²) in [5.74, 6) is 0.116. The summed E-state index contributed by atoms with van der Waals surface area (Å²) < 4.78 is 0. The average Bonchev–Trinajstić information content (AvgIpc) is 2.74. The van der Waals surface area contributed by atoms with Crippen LogP contribution in [0.1, 0.15) is 27.0 Å². The molecular formula is C17H15NO. The third kappa shape index (κ3) is 2.17. The summed E-state index contributed by atoms with van der Waals surface area (Å²) in [5.41, 5.74) is 4.25. The Morgan fingerprint density at radius 3 is 2.58 bits per heavy atom. The Labute approximate surface area is 113 Å². The maximum atomic E-state index is 11.9. The van der Waals surface area contributed by atoms with E-state index in [-0.39, 0.29) is 5.91 Å². The van der Waals surface area contributed by atoms with Crippen molar-refractivity contribution in [3.8, 4) is 0 Å². The van der Waals surface area contributed by atoms with Crippen LogP contribution >= 0.6 is 0 Å². The van der Waals surface area contributed by atoms with E-state index in [0.717, 1.165) is 22.3 Å². The Bertz CT molecular complexity index is 644. The van der Waals surface area contributed by atoms with E-state index in [4.69, 9.17) is 0 Å². The number of nitrogens with zero attached hydrogens (tertiary/aromatic N) is 1. The summed E-state index contributed by atoms with van der Waals surface area (Å²) in [7, 11) is 1.84. The van der Waals surface area contributed by atoms with Gasteiger partial charge in [0.05, 0.1) is 0 Å². The van der Waals surface area contributed by atoms with Crippen molar-refractivity contribution >= 4 is 18.1 Å². The maximum absolute atomic E-state index is 11.9. The zero-order chi connectivity index (χ0) is 13.2. The van der Waals surface area contributed by atoms with Gasteiger partial charge in [0.2, 0.25) is 0 Å². The topological polar surface area (TPSA) is 20.3 Å². The van der Waals surface area contributed by atoms with Gasteiger partial charge in [0.15, 0.2) is 0 Å². The lowest BCUT2D eigenvalue weighted by Crippen LogP contribution is -2.17. The summed E-state index contributed by atoms with van der Waals surface area (Å²) in [6.45, 7) is 0.698. The number of carbonyl (C=O) groups is 1. The molecule has 1 aliphatic rings. The molecular weight excluding hydrogens is 234 g/mol. The predicted molar refractivity (Wildman–Crippen MR) is 77.6 cm³/mol. The second-order valence-corrected chi connectivity index (χ2v) is 4.78. The zero-order valence-corrected chi connectivity index (χ0v) is 10.8. The summed E-state index contributed by atoms with van der Waals surface area (Å²) in [6.07, 6.45) is 4.17. The van der Waals surface area contributed by atoms with Gasteiger partial charge in [-0.25, -0.2) is 0 Å². The van der Waals surface area contributed by atoms with Crippen molar-refractivity contribution in [2.24, 2.45) is 0 Å². The highest BCUT2D eigenvalue weighted by molar-refractivity contribution is 5.99. The molecule has 94 valence electrons. The second kappa shape index (κ2) is 4.73. The second-order valence-electron chi connectivity index (χ2n) is 4.78. The molecule has 0 N–H and O–H groups in total. The molecule has 1 aliphatic heterocycles. The Balaban J connectivity index is 1.96. The van der Waals surface area contributed by atoms with E-state index >= 15 is 0 Å². The number of benzene rings is 2. The van der Waals surface area contributed by atoms with E-state index in [1.165, 1.54) is 0 Å². The Morgan fingerprint density at radius 2 is 1.79 bits per heavy atom. The minimum atomic E-state index is 0.116. The van der Waals surface area contributed by atoms with Crippen molar-refractivity contribution in [3.05, 3.63) is 70.8 Å². The Kier molecular flexibility index (Phi) is 2.92. The minimum Gasteiger partial charge on any atom is -0.337 e. The monoisotopic (exact) mass is 249 g/mol. The fourth-order valence-electron chi connectivity index (χ4n) is 2.40. The van der Waals surface area contributed by atoms with Gasteiger partial charge < -0.3 is 4.90 Å². The van der Waals surface area contributed by atoms with E-state index in [1.807, 2.05) is 37.4 Å². The van der Waals surface area contributed by atoms with Crippen molar-refractivity contribution in [2.75, 3.05) is 7.05 Å². The van der Waals surface area contributed by atoms with Crippen molar-refractivity contribution in [3.63, 3.8) is 0 Å². The van der Waals surface area contributed by atoms with Crippen LogP contribution in [-0.4, -0.2) is 17.9 Å². The first-order valence-corrected chi connectivity index (χ1v) is 6.36. The smallest absolute Gasteiger partial charge is 0.254 e. The summed E-state index contributed by atoms with van der Waals surface area (Å²) in [6, 6.07) is 16.1. The maximum Gasteiger partial charge on any atom is 0.254 e. The van der Waals surface area contributed by atoms with E-state index in [1.54, 1.807) is 4.90 Å². The minimum absolute atomic E-state index is 0.116. The van der Waals surface area contributed by atoms with Crippen LogP contribution in [0.15, 0.2) is 48.5 Å². The van der Waals surface area contributed by atoms with Crippen molar-refractivity contribution < 1.29 is 4.79 Å². The molecule has 3 rings (SSSR count).